The van der Waals surface area contributed by atoms with Crippen LogP contribution in [0.1, 0.15) is 10.5 Å². The molecule has 0 saturated carbocycles. The third kappa shape index (κ3) is 3.26. The lowest BCUT2D eigenvalue weighted by Gasteiger charge is -2.32. The van der Waals surface area contributed by atoms with Gasteiger partial charge in [-0.05, 0) is 6.07 Å². The maximum absolute atomic E-state index is 11.5. The summed E-state index contributed by atoms with van der Waals surface area (Å²) in [6, 6.07) is 2.47. The second-order valence-electron chi connectivity index (χ2n) is 4.41. The number of carbonyl (C=O) groups is 1. The number of aliphatic hydroxyl groups is 1. The lowest BCUT2D eigenvalue weighted by atomic mass is 10.2. The Kier molecular flexibility index (Phi) is 4.66. The number of methoxy groups -OCH3 is 1. The number of nitro groups is 1. The van der Waals surface area contributed by atoms with Crippen LogP contribution in [0.25, 0.3) is 0 Å². The number of aliphatic hydroxyl groups excluding tert-OH is 1. The molecule has 0 amide bonds. The zero-order valence-corrected chi connectivity index (χ0v) is 11.4. The number of carbonyl (C=O) groups excluding carboxylic acids is 1. The Morgan fingerprint density at radius 2 is 2.43 bits per heavy atom. The number of esters is 1. The van der Waals surface area contributed by atoms with Gasteiger partial charge in [-0.3, -0.25) is 10.1 Å². The molecule has 0 radical (unpaired) electrons. The lowest BCUT2D eigenvalue weighted by molar-refractivity contribution is -0.384. The van der Waals surface area contributed by atoms with Crippen LogP contribution < -0.4 is 4.90 Å². The molecule has 2 rings (SSSR count). The molecule has 1 atom stereocenters. The van der Waals surface area contributed by atoms with Gasteiger partial charge in [0.2, 0.25) is 5.82 Å². The number of anilines is 1. The Hall–Kier alpha value is -2.26. The van der Waals surface area contributed by atoms with Crippen LogP contribution in [0.3, 0.4) is 0 Å². The summed E-state index contributed by atoms with van der Waals surface area (Å²) in [5.74, 6) is -0.595. The molecule has 0 aliphatic carbocycles. The molecule has 0 spiro atoms. The Labute approximate surface area is 120 Å². The first-order valence-electron chi connectivity index (χ1n) is 6.28. The predicted octanol–water partition coefficient (Wildman–Crippen LogP) is -0.0261. The van der Waals surface area contributed by atoms with Crippen molar-refractivity contribution in [3.8, 4) is 0 Å². The molecule has 1 N–H and O–H groups in total. The summed E-state index contributed by atoms with van der Waals surface area (Å²) in [5.41, 5.74) is -0.216. The van der Waals surface area contributed by atoms with Gasteiger partial charge in [0.05, 0.1) is 31.4 Å². The SMILES string of the molecule is COC(=O)c1ccc([N+](=O)[O-])c(N2CCOC(CO)C2)n1. The molecular formula is C12H15N3O6. The Bertz CT molecular complexity index is 550. The Morgan fingerprint density at radius 3 is 3.05 bits per heavy atom. The molecule has 21 heavy (non-hydrogen) atoms. The molecule has 9 nitrogen and oxygen atoms in total. The Morgan fingerprint density at radius 1 is 1.67 bits per heavy atom. The number of ether oxygens (including phenoxy) is 2. The summed E-state index contributed by atoms with van der Waals surface area (Å²) < 4.78 is 9.86. The van der Waals surface area contributed by atoms with E-state index in [2.05, 4.69) is 9.72 Å². The number of hydrogen-bond donors (Lipinski definition) is 1. The molecular weight excluding hydrogens is 282 g/mol. The van der Waals surface area contributed by atoms with Crippen molar-refractivity contribution in [2.24, 2.45) is 0 Å². The van der Waals surface area contributed by atoms with Gasteiger partial charge in [-0.15, -0.1) is 0 Å². The second-order valence-corrected chi connectivity index (χ2v) is 4.41. The van der Waals surface area contributed by atoms with Crippen LogP contribution in [-0.4, -0.2) is 60.5 Å². The average molecular weight is 297 g/mol. The third-order valence-electron chi connectivity index (χ3n) is 3.09. The number of rotatable bonds is 4. The Balaban J connectivity index is 2.38. The molecule has 1 aliphatic rings. The van der Waals surface area contributed by atoms with Crippen molar-refractivity contribution in [2.75, 3.05) is 38.3 Å². The molecule has 1 aliphatic heterocycles. The highest BCUT2D eigenvalue weighted by Crippen LogP contribution is 2.27. The molecule has 1 aromatic rings. The molecule has 1 aromatic heterocycles. The summed E-state index contributed by atoms with van der Waals surface area (Å²) in [4.78, 5) is 27.7. The van der Waals surface area contributed by atoms with E-state index in [0.29, 0.717) is 13.2 Å². The van der Waals surface area contributed by atoms with Crippen molar-refractivity contribution in [3.05, 3.63) is 27.9 Å². The van der Waals surface area contributed by atoms with E-state index in [1.54, 1.807) is 4.90 Å². The minimum Gasteiger partial charge on any atom is -0.464 e. The maximum Gasteiger partial charge on any atom is 0.356 e. The van der Waals surface area contributed by atoms with Crippen LogP contribution in [0.5, 0.6) is 0 Å². The molecule has 2 heterocycles. The van der Waals surface area contributed by atoms with Crippen molar-refractivity contribution in [3.63, 3.8) is 0 Å². The predicted molar refractivity (Wildman–Crippen MR) is 71.3 cm³/mol. The van der Waals surface area contributed by atoms with Crippen molar-refractivity contribution in [1.82, 2.24) is 4.98 Å². The van der Waals surface area contributed by atoms with Crippen LogP contribution in [0.4, 0.5) is 11.5 Å². The molecule has 9 heteroatoms. The molecule has 0 bridgehead atoms. The highest BCUT2D eigenvalue weighted by atomic mass is 16.6. The minimum atomic E-state index is -0.668. The van der Waals surface area contributed by atoms with E-state index in [-0.39, 0.29) is 30.4 Å². The van der Waals surface area contributed by atoms with Gasteiger partial charge in [0.15, 0.2) is 5.69 Å². The van der Waals surface area contributed by atoms with Crippen molar-refractivity contribution >= 4 is 17.5 Å². The molecule has 0 aromatic carbocycles. The van der Waals surface area contributed by atoms with E-state index in [9.17, 15) is 14.9 Å². The number of hydrogen-bond acceptors (Lipinski definition) is 8. The van der Waals surface area contributed by atoms with Crippen LogP contribution in [0.2, 0.25) is 0 Å². The fraction of sp³-hybridized carbons (Fsp3) is 0.500. The normalized spacial score (nSPS) is 18.4. The van der Waals surface area contributed by atoms with E-state index in [1.807, 2.05) is 0 Å². The van der Waals surface area contributed by atoms with Gasteiger partial charge in [-0.25, -0.2) is 9.78 Å². The molecule has 114 valence electrons. The summed E-state index contributed by atoms with van der Waals surface area (Å²) in [6.07, 6.45) is -0.443. The van der Waals surface area contributed by atoms with E-state index in [1.165, 1.54) is 19.2 Å². The van der Waals surface area contributed by atoms with Crippen LogP contribution in [0.15, 0.2) is 12.1 Å². The molecule has 1 saturated heterocycles. The standard InChI is InChI=1S/C12H15N3O6/c1-20-12(17)9-2-3-10(15(18)19)11(13-9)14-4-5-21-8(6-14)7-16/h2-3,8,16H,4-7H2,1H3. The maximum atomic E-state index is 11.5. The van der Waals surface area contributed by atoms with Crippen molar-refractivity contribution in [2.45, 2.75) is 6.10 Å². The van der Waals surface area contributed by atoms with E-state index >= 15 is 0 Å². The summed E-state index contributed by atoms with van der Waals surface area (Å²) >= 11 is 0. The van der Waals surface area contributed by atoms with E-state index in [0.717, 1.165) is 0 Å². The third-order valence-corrected chi connectivity index (χ3v) is 3.09. The summed E-state index contributed by atoms with van der Waals surface area (Å²) in [6.45, 7) is 0.761. The van der Waals surface area contributed by atoms with Crippen LogP contribution in [-0.2, 0) is 9.47 Å². The van der Waals surface area contributed by atoms with E-state index in [4.69, 9.17) is 9.84 Å². The van der Waals surface area contributed by atoms with Crippen molar-refractivity contribution in [1.29, 1.82) is 0 Å². The van der Waals surface area contributed by atoms with Gasteiger partial charge in [0, 0.05) is 19.2 Å². The van der Waals surface area contributed by atoms with Crippen molar-refractivity contribution < 1.29 is 24.3 Å². The highest BCUT2D eigenvalue weighted by Gasteiger charge is 2.28. The molecule has 1 unspecified atom stereocenters. The van der Waals surface area contributed by atoms with Gasteiger partial charge >= 0.3 is 11.7 Å². The van der Waals surface area contributed by atoms with Gasteiger partial charge in [0.25, 0.3) is 0 Å². The number of nitrogens with zero attached hydrogens (tertiary/aromatic N) is 3. The van der Waals surface area contributed by atoms with Gasteiger partial charge in [-0.2, -0.15) is 0 Å². The monoisotopic (exact) mass is 297 g/mol. The first-order chi connectivity index (χ1) is 10.1. The average Bonchev–Trinajstić information content (AvgIpc) is 2.53. The summed E-state index contributed by atoms with van der Waals surface area (Å²) in [5, 5.41) is 20.2. The van der Waals surface area contributed by atoms with Crippen LogP contribution in [0, 0.1) is 10.1 Å². The number of pyridine rings is 1. The summed E-state index contributed by atoms with van der Waals surface area (Å²) in [7, 11) is 1.21. The lowest BCUT2D eigenvalue weighted by Crippen LogP contribution is -2.44. The fourth-order valence-corrected chi connectivity index (χ4v) is 2.06. The first kappa shape index (κ1) is 15.1. The number of morpholine rings is 1. The minimum absolute atomic E-state index is 0.00913. The highest BCUT2D eigenvalue weighted by molar-refractivity contribution is 5.88. The number of aromatic nitrogens is 1. The van der Waals surface area contributed by atoms with Gasteiger partial charge < -0.3 is 19.5 Å². The molecule has 1 fully saturated rings. The fourth-order valence-electron chi connectivity index (χ4n) is 2.06. The second kappa shape index (κ2) is 6.46. The smallest absolute Gasteiger partial charge is 0.356 e. The zero-order chi connectivity index (χ0) is 15.4. The van der Waals surface area contributed by atoms with E-state index < -0.39 is 17.0 Å². The topological polar surface area (TPSA) is 115 Å². The quantitative estimate of drug-likeness (QED) is 0.468. The zero-order valence-electron chi connectivity index (χ0n) is 11.4. The largest absolute Gasteiger partial charge is 0.464 e. The van der Waals surface area contributed by atoms with Gasteiger partial charge in [0.1, 0.15) is 0 Å². The van der Waals surface area contributed by atoms with Crippen LogP contribution >= 0.6 is 0 Å². The van der Waals surface area contributed by atoms with Gasteiger partial charge in [-0.1, -0.05) is 0 Å². The first-order valence-corrected chi connectivity index (χ1v) is 6.28.